The van der Waals surface area contributed by atoms with Crippen LogP contribution >= 0.6 is 0 Å². The average Bonchev–Trinajstić information content (AvgIpc) is 3.16. The molecular weight excluding hydrogens is 302 g/mol. The van der Waals surface area contributed by atoms with Gasteiger partial charge in [-0.2, -0.15) is 5.10 Å². The molecule has 0 aliphatic carbocycles. The Kier molecular flexibility index (Phi) is 5.51. The third-order valence-corrected chi connectivity index (χ3v) is 4.53. The van der Waals surface area contributed by atoms with Crippen LogP contribution in [-0.2, 0) is 11.2 Å². The molecule has 0 spiro atoms. The Morgan fingerprint density at radius 2 is 2.21 bits per heavy atom. The van der Waals surface area contributed by atoms with E-state index in [-0.39, 0.29) is 5.91 Å². The van der Waals surface area contributed by atoms with Crippen LogP contribution in [0.3, 0.4) is 0 Å². The molecule has 1 fully saturated rings. The van der Waals surface area contributed by atoms with Crippen molar-refractivity contribution >= 4 is 5.91 Å². The number of carbonyl (C=O) groups is 1. The molecule has 128 valence electrons. The second-order valence-electron chi connectivity index (χ2n) is 6.16. The molecule has 2 aromatic rings. The summed E-state index contributed by atoms with van der Waals surface area (Å²) in [4.78, 5) is 14.6. The number of ether oxygens (including phenoxy) is 1. The van der Waals surface area contributed by atoms with Crippen LogP contribution in [0.25, 0.3) is 0 Å². The lowest BCUT2D eigenvalue weighted by molar-refractivity contribution is -0.132. The largest absolute Gasteiger partial charge is 0.494 e. The number of piperidine rings is 1. The Hall–Kier alpha value is -2.30. The monoisotopic (exact) mass is 327 g/mol. The van der Waals surface area contributed by atoms with Crippen molar-refractivity contribution in [3.8, 4) is 5.75 Å². The van der Waals surface area contributed by atoms with Crippen LogP contribution < -0.4 is 4.74 Å². The van der Waals surface area contributed by atoms with Crippen molar-refractivity contribution in [3.63, 3.8) is 0 Å². The van der Waals surface area contributed by atoms with Gasteiger partial charge in [0, 0.05) is 31.9 Å². The van der Waals surface area contributed by atoms with Crippen molar-refractivity contribution in [2.24, 2.45) is 0 Å². The van der Waals surface area contributed by atoms with E-state index in [4.69, 9.17) is 4.74 Å². The summed E-state index contributed by atoms with van der Waals surface area (Å²) >= 11 is 0. The Morgan fingerprint density at radius 1 is 1.33 bits per heavy atom. The van der Waals surface area contributed by atoms with Crippen molar-refractivity contribution in [1.29, 1.82) is 0 Å². The maximum absolute atomic E-state index is 12.6. The van der Waals surface area contributed by atoms with Gasteiger partial charge in [-0.3, -0.25) is 9.48 Å². The standard InChI is InChI=1S/C19H25N3O2/c1-2-24-18-9-4-3-7-16(18)10-11-19(23)21-13-5-8-17(15-21)22-14-6-12-20-22/h3-4,6-7,9,12,14,17H,2,5,8,10-11,13,15H2,1H3. The second-order valence-corrected chi connectivity index (χ2v) is 6.16. The maximum Gasteiger partial charge on any atom is 0.222 e. The van der Waals surface area contributed by atoms with Gasteiger partial charge < -0.3 is 9.64 Å². The number of carbonyl (C=O) groups excluding carboxylic acids is 1. The number of amides is 1. The van der Waals surface area contributed by atoms with E-state index in [1.54, 1.807) is 6.20 Å². The Balaban J connectivity index is 1.57. The molecule has 5 nitrogen and oxygen atoms in total. The smallest absolute Gasteiger partial charge is 0.222 e. The second kappa shape index (κ2) is 7.99. The van der Waals surface area contributed by atoms with E-state index in [0.717, 1.165) is 43.7 Å². The van der Waals surface area contributed by atoms with Gasteiger partial charge >= 0.3 is 0 Å². The number of aromatic nitrogens is 2. The summed E-state index contributed by atoms with van der Waals surface area (Å²) in [6.07, 6.45) is 7.14. The van der Waals surface area contributed by atoms with E-state index in [2.05, 4.69) is 5.10 Å². The first kappa shape index (κ1) is 16.6. The van der Waals surface area contributed by atoms with Gasteiger partial charge in [0.1, 0.15) is 5.75 Å². The number of hydrogen-bond acceptors (Lipinski definition) is 3. The molecule has 24 heavy (non-hydrogen) atoms. The molecule has 0 saturated carbocycles. The van der Waals surface area contributed by atoms with Gasteiger partial charge in [0.25, 0.3) is 0 Å². The predicted molar refractivity (Wildman–Crippen MR) is 93.0 cm³/mol. The summed E-state index contributed by atoms with van der Waals surface area (Å²) in [7, 11) is 0. The number of nitrogens with zero attached hydrogens (tertiary/aromatic N) is 3. The van der Waals surface area contributed by atoms with Crippen molar-refractivity contribution < 1.29 is 9.53 Å². The van der Waals surface area contributed by atoms with Crippen molar-refractivity contribution in [1.82, 2.24) is 14.7 Å². The topological polar surface area (TPSA) is 47.4 Å². The van der Waals surface area contributed by atoms with Crippen LogP contribution in [0.1, 0.15) is 37.8 Å². The molecule has 3 rings (SSSR count). The van der Waals surface area contributed by atoms with Crippen LogP contribution in [0.2, 0.25) is 0 Å². The lowest BCUT2D eigenvalue weighted by atomic mass is 10.0. The average molecular weight is 327 g/mol. The van der Waals surface area contributed by atoms with Crippen LogP contribution in [0.15, 0.2) is 42.7 Å². The minimum absolute atomic E-state index is 0.221. The molecule has 1 unspecified atom stereocenters. The van der Waals surface area contributed by atoms with E-state index in [1.807, 2.05) is 53.0 Å². The van der Waals surface area contributed by atoms with Gasteiger partial charge in [-0.25, -0.2) is 0 Å². The van der Waals surface area contributed by atoms with Gasteiger partial charge in [-0.05, 0) is 43.9 Å². The highest BCUT2D eigenvalue weighted by molar-refractivity contribution is 5.76. The molecule has 1 atom stereocenters. The van der Waals surface area contributed by atoms with Crippen molar-refractivity contribution in [3.05, 3.63) is 48.3 Å². The van der Waals surface area contributed by atoms with E-state index in [1.165, 1.54) is 0 Å². The highest BCUT2D eigenvalue weighted by atomic mass is 16.5. The number of likely N-dealkylation sites (tertiary alicyclic amines) is 1. The SMILES string of the molecule is CCOc1ccccc1CCC(=O)N1CCCC(n2cccn2)C1. The van der Waals surface area contributed by atoms with Crippen LogP contribution in [0, 0.1) is 0 Å². The van der Waals surface area contributed by atoms with Gasteiger partial charge in [-0.1, -0.05) is 18.2 Å². The summed E-state index contributed by atoms with van der Waals surface area (Å²) < 4.78 is 7.62. The molecule has 1 aliphatic heterocycles. The summed E-state index contributed by atoms with van der Waals surface area (Å²) in [6.45, 7) is 4.23. The fourth-order valence-electron chi connectivity index (χ4n) is 3.30. The molecule has 2 heterocycles. The quantitative estimate of drug-likeness (QED) is 0.819. The molecule has 0 N–H and O–H groups in total. The summed E-state index contributed by atoms with van der Waals surface area (Å²) in [6, 6.07) is 10.2. The predicted octanol–water partition coefficient (Wildman–Crippen LogP) is 3.08. The molecule has 1 saturated heterocycles. The number of benzene rings is 1. The molecule has 5 heteroatoms. The lowest BCUT2D eigenvalue weighted by Gasteiger charge is -2.33. The first-order valence-electron chi connectivity index (χ1n) is 8.75. The highest BCUT2D eigenvalue weighted by Crippen LogP contribution is 2.23. The molecule has 0 bridgehead atoms. The highest BCUT2D eigenvalue weighted by Gasteiger charge is 2.24. The van der Waals surface area contributed by atoms with Crippen LogP contribution in [0.5, 0.6) is 5.75 Å². The fourth-order valence-corrected chi connectivity index (χ4v) is 3.30. The van der Waals surface area contributed by atoms with Gasteiger partial charge in [0.15, 0.2) is 0 Å². The molecular formula is C19H25N3O2. The minimum Gasteiger partial charge on any atom is -0.494 e. The molecule has 0 radical (unpaired) electrons. The van der Waals surface area contributed by atoms with Gasteiger partial charge in [0.2, 0.25) is 5.91 Å². The zero-order valence-electron chi connectivity index (χ0n) is 14.2. The van der Waals surface area contributed by atoms with Gasteiger partial charge in [-0.15, -0.1) is 0 Å². The zero-order valence-corrected chi connectivity index (χ0v) is 14.2. The van der Waals surface area contributed by atoms with Crippen molar-refractivity contribution in [2.45, 2.75) is 38.6 Å². The third kappa shape index (κ3) is 3.96. The number of para-hydroxylation sites is 1. The zero-order chi connectivity index (χ0) is 16.8. The van der Waals surface area contributed by atoms with Crippen LogP contribution in [-0.4, -0.2) is 40.3 Å². The first-order valence-corrected chi connectivity index (χ1v) is 8.75. The molecule has 1 amide bonds. The molecule has 1 aromatic carbocycles. The number of rotatable bonds is 6. The van der Waals surface area contributed by atoms with Crippen molar-refractivity contribution in [2.75, 3.05) is 19.7 Å². The third-order valence-electron chi connectivity index (χ3n) is 4.53. The summed E-state index contributed by atoms with van der Waals surface area (Å²) in [5, 5.41) is 4.32. The Morgan fingerprint density at radius 3 is 3.00 bits per heavy atom. The molecule has 1 aromatic heterocycles. The number of aryl methyl sites for hydroxylation is 1. The van der Waals surface area contributed by atoms with E-state index >= 15 is 0 Å². The summed E-state index contributed by atoms with van der Waals surface area (Å²) in [5.74, 6) is 1.11. The Labute approximate surface area is 143 Å². The minimum atomic E-state index is 0.221. The van der Waals surface area contributed by atoms with E-state index in [9.17, 15) is 4.79 Å². The lowest BCUT2D eigenvalue weighted by Crippen LogP contribution is -2.40. The van der Waals surface area contributed by atoms with Gasteiger partial charge in [0.05, 0.1) is 12.6 Å². The van der Waals surface area contributed by atoms with Crippen LogP contribution in [0.4, 0.5) is 0 Å². The summed E-state index contributed by atoms with van der Waals surface area (Å²) in [5.41, 5.74) is 1.10. The Bertz CT molecular complexity index is 654. The number of hydrogen-bond donors (Lipinski definition) is 0. The maximum atomic E-state index is 12.6. The van der Waals surface area contributed by atoms with E-state index in [0.29, 0.717) is 19.1 Å². The van der Waals surface area contributed by atoms with E-state index < -0.39 is 0 Å². The first-order chi connectivity index (χ1) is 11.8. The molecule has 1 aliphatic rings. The fraction of sp³-hybridized carbons (Fsp3) is 0.474. The normalized spacial score (nSPS) is 17.7.